The van der Waals surface area contributed by atoms with Crippen molar-refractivity contribution in [3.05, 3.63) is 68.1 Å². The van der Waals surface area contributed by atoms with Crippen molar-refractivity contribution in [2.45, 2.75) is 26.3 Å². The zero-order valence-electron chi connectivity index (χ0n) is 13.0. The predicted octanol–water partition coefficient (Wildman–Crippen LogP) is 1.98. The second-order valence-corrected chi connectivity index (χ2v) is 5.96. The third kappa shape index (κ3) is 4.43. The third-order valence-electron chi connectivity index (χ3n) is 3.54. The number of hydrogen-bond donors (Lipinski definition) is 3. The van der Waals surface area contributed by atoms with Gasteiger partial charge in [-0.2, -0.15) is 0 Å². The van der Waals surface area contributed by atoms with E-state index in [4.69, 9.17) is 11.6 Å². The van der Waals surface area contributed by atoms with E-state index < -0.39 is 17.5 Å². The summed E-state index contributed by atoms with van der Waals surface area (Å²) in [6.45, 7) is 3.24. The average molecular weight is 335 g/mol. The molecule has 1 amide bonds. The standard InChI is InChI=1S/C17H19ClN2O3/c1-10-7-11(2)19-16(22)15(10)17(23)20-14(9-21)8-12-3-5-13(18)6-4-12/h3-7,14,21H,8-9H2,1-2H3,(H,19,22)(H,20,23). The number of benzene rings is 1. The molecule has 5 nitrogen and oxygen atoms in total. The fourth-order valence-corrected chi connectivity index (χ4v) is 2.59. The van der Waals surface area contributed by atoms with E-state index in [0.717, 1.165) is 5.56 Å². The van der Waals surface area contributed by atoms with Crippen molar-refractivity contribution >= 4 is 17.5 Å². The minimum absolute atomic E-state index is 0.0742. The molecule has 1 unspecified atom stereocenters. The Labute approximate surface area is 139 Å². The highest BCUT2D eigenvalue weighted by molar-refractivity contribution is 6.30. The Balaban J connectivity index is 2.14. The van der Waals surface area contributed by atoms with Crippen molar-refractivity contribution in [3.8, 4) is 0 Å². The van der Waals surface area contributed by atoms with Crippen LogP contribution in [-0.2, 0) is 6.42 Å². The summed E-state index contributed by atoms with van der Waals surface area (Å²) in [6, 6.07) is 8.43. The lowest BCUT2D eigenvalue weighted by atomic mass is 10.1. The Morgan fingerprint density at radius 3 is 2.52 bits per heavy atom. The molecule has 2 rings (SSSR count). The van der Waals surface area contributed by atoms with Crippen molar-refractivity contribution in [2.24, 2.45) is 0 Å². The first-order valence-corrected chi connectivity index (χ1v) is 7.65. The zero-order chi connectivity index (χ0) is 17.0. The number of aromatic amines is 1. The van der Waals surface area contributed by atoms with E-state index in [-0.39, 0.29) is 12.2 Å². The third-order valence-corrected chi connectivity index (χ3v) is 3.80. The number of aliphatic hydroxyl groups is 1. The highest BCUT2D eigenvalue weighted by Gasteiger charge is 2.18. The number of carbonyl (C=O) groups is 1. The van der Waals surface area contributed by atoms with Gasteiger partial charge in [-0.05, 0) is 49.6 Å². The fourth-order valence-electron chi connectivity index (χ4n) is 2.46. The van der Waals surface area contributed by atoms with E-state index in [1.54, 1.807) is 32.0 Å². The van der Waals surface area contributed by atoms with Crippen LogP contribution in [0.3, 0.4) is 0 Å². The van der Waals surface area contributed by atoms with E-state index in [0.29, 0.717) is 22.7 Å². The van der Waals surface area contributed by atoms with Crippen molar-refractivity contribution in [1.82, 2.24) is 10.3 Å². The fraction of sp³-hybridized carbons (Fsp3) is 0.294. The molecule has 0 saturated heterocycles. The molecule has 3 N–H and O–H groups in total. The number of aromatic nitrogens is 1. The van der Waals surface area contributed by atoms with Gasteiger partial charge in [-0.25, -0.2) is 0 Å². The minimum atomic E-state index is -0.489. The molecule has 6 heteroatoms. The van der Waals surface area contributed by atoms with E-state index in [2.05, 4.69) is 10.3 Å². The largest absolute Gasteiger partial charge is 0.394 e. The number of H-pyrrole nitrogens is 1. The van der Waals surface area contributed by atoms with Crippen LogP contribution in [0, 0.1) is 13.8 Å². The van der Waals surface area contributed by atoms with Crippen molar-refractivity contribution in [1.29, 1.82) is 0 Å². The topological polar surface area (TPSA) is 82.2 Å². The van der Waals surface area contributed by atoms with Gasteiger partial charge >= 0.3 is 0 Å². The molecule has 0 aliphatic heterocycles. The maximum atomic E-state index is 12.3. The Morgan fingerprint density at radius 2 is 1.96 bits per heavy atom. The normalized spacial score (nSPS) is 12.0. The molecule has 23 heavy (non-hydrogen) atoms. The molecular weight excluding hydrogens is 316 g/mol. The molecule has 1 atom stereocenters. The Kier molecular flexibility index (Phi) is 5.58. The molecule has 1 heterocycles. The van der Waals surface area contributed by atoms with Crippen LogP contribution in [-0.4, -0.2) is 28.6 Å². The van der Waals surface area contributed by atoms with Crippen molar-refractivity contribution < 1.29 is 9.90 Å². The number of hydrogen-bond acceptors (Lipinski definition) is 3. The lowest BCUT2D eigenvalue weighted by molar-refractivity contribution is 0.0914. The van der Waals surface area contributed by atoms with Gasteiger partial charge in [-0.3, -0.25) is 9.59 Å². The average Bonchev–Trinajstić information content (AvgIpc) is 2.47. The predicted molar refractivity (Wildman–Crippen MR) is 90.0 cm³/mol. The molecule has 1 aromatic carbocycles. The van der Waals surface area contributed by atoms with Crippen LogP contribution >= 0.6 is 11.6 Å². The van der Waals surface area contributed by atoms with Gasteiger partial charge < -0.3 is 15.4 Å². The summed E-state index contributed by atoms with van der Waals surface area (Å²) in [7, 11) is 0. The number of rotatable bonds is 5. The van der Waals surface area contributed by atoms with Gasteiger partial charge in [-0.1, -0.05) is 23.7 Å². The van der Waals surface area contributed by atoms with Gasteiger partial charge in [-0.15, -0.1) is 0 Å². The maximum Gasteiger partial charge on any atom is 0.261 e. The van der Waals surface area contributed by atoms with Crippen LogP contribution in [0.4, 0.5) is 0 Å². The second-order valence-electron chi connectivity index (χ2n) is 5.52. The monoisotopic (exact) mass is 334 g/mol. The summed E-state index contributed by atoms with van der Waals surface area (Å²) in [5.74, 6) is -0.489. The molecular formula is C17H19ClN2O3. The van der Waals surface area contributed by atoms with Crippen LogP contribution < -0.4 is 10.9 Å². The highest BCUT2D eigenvalue weighted by Crippen LogP contribution is 2.11. The lowest BCUT2D eigenvalue weighted by Crippen LogP contribution is -2.41. The summed E-state index contributed by atoms with van der Waals surface area (Å²) >= 11 is 5.84. The van der Waals surface area contributed by atoms with Gasteiger partial charge in [0.05, 0.1) is 12.6 Å². The lowest BCUT2D eigenvalue weighted by Gasteiger charge is -2.17. The number of aryl methyl sites for hydroxylation is 2. The number of halogens is 1. The summed E-state index contributed by atoms with van der Waals surface area (Å²) in [5.41, 5.74) is 1.88. The van der Waals surface area contributed by atoms with Crippen LogP contribution in [0.1, 0.15) is 27.2 Å². The van der Waals surface area contributed by atoms with Crippen molar-refractivity contribution in [3.63, 3.8) is 0 Å². The highest BCUT2D eigenvalue weighted by atomic mass is 35.5. The molecule has 0 bridgehead atoms. The number of carbonyl (C=O) groups excluding carboxylic acids is 1. The molecule has 2 aromatic rings. The van der Waals surface area contributed by atoms with E-state index in [1.807, 2.05) is 12.1 Å². The maximum absolute atomic E-state index is 12.3. The molecule has 0 fully saturated rings. The second kappa shape index (κ2) is 7.44. The van der Waals surface area contributed by atoms with Gasteiger partial charge in [0.25, 0.3) is 11.5 Å². The first-order chi connectivity index (χ1) is 10.9. The molecule has 1 aromatic heterocycles. The summed E-state index contributed by atoms with van der Waals surface area (Å²) < 4.78 is 0. The van der Waals surface area contributed by atoms with Gasteiger partial charge in [0.1, 0.15) is 5.56 Å². The van der Waals surface area contributed by atoms with Gasteiger partial charge in [0.2, 0.25) is 0 Å². The molecule has 0 radical (unpaired) electrons. The van der Waals surface area contributed by atoms with Gasteiger partial charge in [0.15, 0.2) is 0 Å². The number of pyridine rings is 1. The van der Waals surface area contributed by atoms with Crippen molar-refractivity contribution in [2.75, 3.05) is 6.61 Å². The molecule has 0 spiro atoms. The number of amides is 1. The van der Waals surface area contributed by atoms with E-state index >= 15 is 0 Å². The zero-order valence-corrected chi connectivity index (χ0v) is 13.8. The minimum Gasteiger partial charge on any atom is -0.394 e. The molecule has 0 aliphatic rings. The van der Waals surface area contributed by atoms with Crippen LogP contribution in [0.5, 0.6) is 0 Å². The van der Waals surface area contributed by atoms with Crippen LogP contribution in [0.2, 0.25) is 5.02 Å². The number of nitrogens with one attached hydrogen (secondary N) is 2. The molecule has 0 saturated carbocycles. The van der Waals surface area contributed by atoms with E-state index in [1.165, 1.54) is 0 Å². The quantitative estimate of drug-likeness (QED) is 0.782. The Morgan fingerprint density at radius 1 is 1.30 bits per heavy atom. The molecule has 122 valence electrons. The van der Waals surface area contributed by atoms with E-state index in [9.17, 15) is 14.7 Å². The Bertz CT molecular complexity index is 753. The van der Waals surface area contributed by atoms with Crippen LogP contribution in [0.15, 0.2) is 35.1 Å². The first kappa shape index (κ1) is 17.2. The summed E-state index contributed by atoms with van der Waals surface area (Å²) in [5, 5.41) is 12.8. The smallest absolute Gasteiger partial charge is 0.261 e. The van der Waals surface area contributed by atoms with Crippen LogP contribution in [0.25, 0.3) is 0 Å². The summed E-state index contributed by atoms with van der Waals surface area (Å²) in [4.78, 5) is 26.9. The summed E-state index contributed by atoms with van der Waals surface area (Å²) in [6.07, 6.45) is 0.447. The van der Waals surface area contributed by atoms with Gasteiger partial charge in [0, 0.05) is 10.7 Å². The Hall–Kier alpha value is -2.11. The molecule has 0 aliphatic carbocycles. The number of aliphatic hydroxyl groups excluding tert-OH is 1. The first-order valence-electron chi connectivity index (χ1n) is 7.27. The SMILES string of the molecule is Cc1cc(C)c(C(=O)NC(CO)Cc2ccc(Cl)cc2)c(=O)[nH]1.